The first-order valence-electron chi connectivity index (χ1n) is 9.78. The van der Waals surface area contributed by atoms with E-state index in [1.54, 1.807) is 35.5 Å². The number of aromatic nitrogens is 2. The topological polar surface area (TPSA) is 69.9 Å². The van der Waals surface area contributed by atoms with Crippen LogP contribution in [0.25, 0.3) is 11.3 Å². The van der Waals surface area contributed by atoms with E-state index in [0.29, 0.717) is 16.8 Å². The Morgan fingerprint density at radius 3 is 2.72 bits per heavy atom. The van der Waals surface area contributed by atoms with E-state index in [0.717, 1.165) is 30.4 Å². The molecule has 5 heteroatoms. The Balaban J connectivity index is 1.92. The van der Waals surface area contributed by atoms with Crippen LogP contribution in [-0.4, -0.2) is 27.8 Å². The van der Waals surface area contributed by atoms with Gasteiger partial charge in [0, 0.05) is 36.8 Å². The van der Waals surface area contributed by atoms with Gasteiger partial charge in [-0.1, -0.05) is 38.0 Å². The highest BCUT2D eigenvalue weighted by molar-refractivity contribution is 5.95. The molecule has 0 aliphatic heterocycles. The number of amides is 1. The quantitative estimate of drug-likeness (QED) is 0.573. The molecule has 29 heavy (non-hydrogen) atoms. The van der Waals surface area contributed by atoms with Crippen molar-refractivity contribution < 1.29 is 4.79 Å². The van der Waals surface area contributed by atoms with Crippen LogP contribution in [0, 0.1) is 11.3 Å². The van der Waals surface area contributed by atoms with Gasteiger partial charge >= 0.3 is 0 Å². The van der Waals surface area contributed by atoms with Crippen molar-refractivity contribution in [3.05, 3.63) is 83.8 Å². The lowest BCUT2D eigenvalue weighted by atomic mass is 9.99. The first-order chi connectivity index (χ1) is 14.2. The van der Waals surface area contributed by atoms with Gasteiger partial charge in [-0.25, -0.2) is 0 Å². The third-order valence-corrected chi connectivity index (χ3v) is 5.00. The summed E-state index contributed by atoms with van der Waals surface area (Å²) in [5.41, 5.74) is 3.44. The van der Waals surface area contributed by atoms with Crippen LogP contribution < -0.4 is 0 Å². The molecule has 0 spiro atoms. The zero-order chi connectivity index (χ0) is 20.6. The molecule has 0 aliphatic carbocycles. The van der Waals surface area contributed by atoms with Crippen LogP contribution in [0.15, 0.2) is 67.1 Å². The molecule has 2 aromatic heterocycles. The molecule has 3 rings (SSSR count). The second-order valence-corrected chi connectivity index (χ2v) is 6.95. The standard InChI is InChI=1S/C24H24N4O/c1-3-4-12-22(21-11-6-13-26-17-21)28(2)24(29)19-9-5-8-18(15-19)23-20(16-25)10-7-14-27-23/h5-11,13-15,17,22H,3-4,12H2,1-2H3/t22-/m0/s1. The summed E-state index contributed by atoms with van der Waals surface area (Å²) >= 11 is 0. The van der Waals surface area contributed by atoms with Crippen LogP contribution in [0.1, 0.15) is 53.7 Å². The molecule has 0 bridgehead atoms. The highest BCUT2D eigenvalue weighted by Gasteiger charge is 2.23. The fraction of sp³-hybridized carbons (Fsp3) is 0.250. The number of unbranched alkanes of at least 4 members (excludes halogenated alkanes) is 1. The molecule has 2 heterocycles. The smallest absolute Gasteiger partial charge is 0.254 e. The van der Waals surface area contributed by atoms with Gasteiger partial charge in [-0.2, -0.15) is 5.26 Å². The van der Waals surface area contributed by atoms with Gasteiger partial charge in [0.2, 0.25) is 0 Å². The van der Waals surface area contributed by atoms with Crippen molar-refractivity contribution >= 4 is 5.91 Å². The van der Waals surface area contributed by atoms with Gasteiger partial charge in [0.05, 0.1) is 17.3 Å². The number of benzene rings is 1. The van der Waals surface area contributed by atoms with Crippen LogP contribution in [0.4, 0.5) is 0 Å². The van der Waals surface area contributed by atoms with Gasteiger partial charge in [-0.15, -0.1) is 0 Å². The van der Waals surface area contributed by atoms with E-state index in [2.05, 4.69) is 23.0 Å². The van der Waals surface area contributed by atoms with Crippen molar-refractivity contribution in [3.8, 4) is 17.3 Å². The van der Waals surface area contributed by atoms with Crippen LogP contribution in [0.5, 0.6) is 0 Å². The molecule has 0 saturated carbocycles. The van der Waals surface area contributed by atoms with Gasteiger partial charge in [-0.3, -0.25) is 14.8 Å². The number of pyridine rings is 2. The summed E-state index contributed by atoms with van der Waals surface area (Å²) in [7, 11) is 1.84. The van der Waals surface area contributed by atoms with E-state index in [9.17, 15) is 10.1 Å². The molecule has 146 valence electrons. The van der Waals surface area contributed by atoms with Crippen molar-refractivity contribution in [2.75, 3.05) is 7.05 Å². The molecule has 3 aromatic rings. The number of nitrogens with zero attached hydrogens (tertiary/aromatic N) is 4. The van der Waals surface area contributed by atoms with Gasteiger partial charge in [0.25, 0.3) is 5.91 Å². The third kappa shape index (κ3) is 4.67. The average Bonchev–Trinajstić information content (AvgIpc) is 2.79. The van der Waals surface area contributed by atoms with E-state index in [1.165, 1.54) is 0 Å². The van der Waals surface area contributed by atoms with Crippen LogP contribution in [0.3, 0.4) is 0 Å². The van der Waals surface area contributed by atoms with Gasteiger partial charge in [0.15, 0.2) is 0 Å². The Morgan fingerprint density at radius 2 is 2.00 bits per heavy atom. The summed E-state index contributed by atoms with van der Waals surface area (Å²) in [6.45, 7) is 2.14. The number of hydrogen-bond acceptors (Lipinski definition) is 4. The Hall–Kier alpha value is -3.52. The zero-order valence-corrected chi connectivity index (χ0v) is 16.7. The largest absolute Gasteiger partial charge is 0.335 e. The van der Waals surface area contributed by atoms with Gasteiger partial charge in [0.1, 0.15) is 6.07 Å². The molecular weight excluding hydrogens is 360 g/mol. The summed E-state index contributed by atoms with van der Waals surface area (Å²) in [6.07, 6.45) is 8.18. The van der Waals surface area contributed by atoms with E-state index < -0.39 is 0 Å². The van der Waals surface area contributed by atoms with E-state index in [4.69, 9.17) is 0 Å². The normalized spacial score (nSPS) is 11.5. The maximum Gasteiger partial charge on any atom is 0.254 e. The van der Waals surface area contributed by atoms with Crippen LogP contribution in [-0.2, 0) is 0 Å². The van der Waals surface area contributed by atoms with Crippen molar-refractivity contribution in [1.29, 1.82) is 5.26 Å². The number of carbonyl (C=O) groups excluding carboxylic acids is 1. The summed E-state index contributed by atoms with van der Waals surface area (Å²) < 4.78 is 0. The first kappa shape index (κ1) is 20.2. The molecular formula is C24H24N4O. The molecule has 0 fully saturated rings. The maximum atomic E-state index is 13.3. The number of rotatable bonds is 7. The molecule has 1 atom stereocenters. The van der Waals surface area contributed by atoms with Crippen molar-refractivity contribution in [2.45, 2.75) is 32.2 Å². The Morgan fingerprint density at radius 1 is 1.17 bits per heavy atom. The molecule has 0 N–H and O–H groups in total. The Bertz CT molecular complexity index is 1010. The second kappa shape index (κ2) is 9.61. The van der Waals surface area contributed by atoms with Crippen molar-refractivity contribution in [1.82, 2.24) is 14.9 Å². The Labute approximate surface area is 171 Å². The summed E-state index contributed by atoms with van der Waals surface area (Å²) in [4.78, 5) is 23.6. The Kier molecular flexibility index (Phi) is 6.70. The molecule has 0 radical (unpaired) electrons. The fourth-order valence-electron chi connectivity index (χ4n) is 3.42. The van der Waals surface area contributed by atoms with E-state index in [1.807, 2.05) is 43.6 Å². The predicted octanol–water partition coefficient (Wildman–Crippen LogP) is 5.02. The van der Waals surface area contributed by atoms with Crippen molar-refractivity contribution in [3.63, 3.8) is 0 Å². The molecule has 0 unspecified atom stereocenters. The predicted molar refractivity (Wildman–Crippen MR) is 113 cm³/mol. The number of carbonyl (C=O) groups is 1. The van der Waals surface area contributed by atoms with Crippen molar-refractivity contribution in [2.24, 2.45) is 0 Å². The molecule has 0 aliphatic rings. The lowest BCUT2D eigenvalue weighted by Gasteiger charge is -2.28. The van der Waals surface area contributed by atoms with Gasteiger partial charge in [-0.05, 0) is 42.3 Å². The minimum absolute atomic E-state index is 0.0377. The van der Waals surface area contributed by atoms with Crippen LogP contribution >= 0.6 is 0 Å². The molecule has 1 amide bonds. The average molecular weight is 384 g/mol. The highest BCUT2D eigenvalue weighted by atomic mass is 16.2. The number of hydrogen-bond donors (Lipinski definition) is 0. The molecule has 0 saturated heterocycles. The SMILES string of the molecule is CCCC[C@@H](c1cccnc1)N(C)C(=O)c1cccc(-c2ncccc2C#N)c1. The summed E-state index contributed by atoms with van der Waals surface area (Å²) in [6, 6.07) is 16.8. The summed E-state index contributed by atoms with van der Waals surface area (Å²) in [5, 5.41) is 9.36. The second-order valence-electron chi connectivity index (χ2n) is 6.95. The lowest BCUT2D eigenvalue weighted by Crippen LogP contribution is -2.31. The first-order valence-corrected chi connectivity index (χ1v) is 9.78. The van der Waals surface area contributed by atoms with E-state index >= 15 is 0 Å². The monoisotopic (exact) mass is 384 g/mol. The lowest BCUT2D eigenvalue weighted by molar-refractivity contribution is 0.0720. The van der Waals surface area contributed by atoms with Crippen LogP contribution in [0.2, 0.25) is 0 Å². The number of nitriles is 1. The third-order valence-electron chi connectivity index (χ3n) is 5.00. The zero-order valence-electron chi connectivity index (χ0n) is 16.7. The minimum Gasteiger partial charge on any atom is -0.335 e. The maximum absolute atomic E-state index is 13.3. The molecule has 5 nitrogen and oxygen atoms in total. The molecule has 1 aromatic carbocycles. The summed E-state index contributed by atoms with van der Waals surface area (Å²) in [5.74, 6) is -0.0637. The highest BCUT2D eigenvalue weighted by Crippen LogP contribution is 2.28. The fourth-order valence-corrected chi connectivity index (χ4v) is 3.42. The van der Waals surface area contributed by atoms with E-state index in [-0.39, 0.29) is 11.9 Å². The van der Waals surface area contributed by atoms with Gasteiger partial charge < -0.3 is 4.90 Å². The minimum atomic E-state index is -0.0637.